The monoisotopic (exact) mass is 878 g/mol. The quantitative estimate of drug-likeness (QED) is 0.0292. The predicted molar refractivity (Wildman–Crippen MR) is 253 cm³/mol. The van der Waals surface area contributed by atoms with Gasteiger partial charge in [0.15, 0.2) is 8.68 Å². The highest BCUT2D eigenvalue weighted by molar-refractivity contribution is 8.01. The molecule has 0 aliphatic rings. The zero-order chi connectivity index (χ0) is 42.4. The van der Waals surface area contributed by atoms with Gasteiger partial charge in [0.05, 0.1) is 33.6 Å². The number of esters is 2. The molecule has 0 amide bonds. The second kappa shape index (κ2) is 21.6. The highest BCUT2D eigenvalue weighted by atomic mass is 32.2. The van der Waals surface area contributed by atoms with Gasteiger partial charge in [-0.2, -0.15) is 0 Å². The molecule has 0 saturated carbocycles. The van der Waals surface area contributed by atoms with Gasteiger partial charge < -0.3 is 14.2 Å². The molecule has 2 heterocycles. The Morgan fingerprint density at radius 3 is 1.67 bits per heavy atom. The smallest absolute Gasteiger partial charge is 0.330 e. The van der Waals surface area contributed by atoms with Crippen LogP contribution in [0.5, 0.6) is 5.75 Å². The minimum Gasteiger partial charge on any atom is -0.489 e. The van der Waals surface area contributed by atoms with Crippen LogP contribution in [0.4, 0.5) is 0 Å². The van der Waals surface area contributed by atoms with Crippen molar-refractivity contribution in [2.75, 3.05) is 24.7 Å². The summed E-state index contributed by atoms with van der Waals surface area (Å²) in [6.45, 7) is 10.2. The summed E-state index contributed by atoms with van der Waals surface area (Å²) in [6.07, 6.45) is 5.88. The Bertz CT molecular complexity index is 2860. The highest BCUT2D eigenvalue weighted by Gasteiger charge is 2.08. The molecule has 0 aliphatic carbocycles. The number of aromatic nitrogens is 2. The number of nitrogens with zero attached hydrogens (tertiary/aromatic N) is 2. The maximum atomic E-state index is 11.2. The fourth-order valence-corrected chi connectivity index (χ4v) is 10.4. The molecule has 0 radical (unpaired) electrons. The maximum absolute atomic E-state index is 11.2. The third-order valence-corrected chi connectivity index (χ3v) is 13.8. The Hall–Kier alpha value is -5.82. The summed E-state index contributed by atoms with van der Waals surface area (Å²) in [7, 11) is 0. The molecule has 5 aromatic carbocycles. The van der Waals surface area contributed by atoms with Gasteiger partial charge in [-0.15, -0.1) is 22.7 Å². The molecule has 306 valence electrons. The third-order valence-electron chi connectivity index (χ3n) is 9.26. The molecule has 0 spiro atoms. The Morgan fingerprint density at radius 1 is 0.623 bits per heavy atom. The van der Waals surface area contributed by atoms with Gasteiger partial charge in [-0.3, -0.25) is 0 Å². The summed E-state index contributed by atoms with van der Waals surface area (Å²) in [5.41, 5.74) is 7.85. The van der Waals surface area contributed by atoms with Crippen LogP contribution < -0.4 is 4.74 Å². The summed E-state index contributed by atoms with van der Waals surface area (Å²) in [4.78, 5) is 31.8. The van der Waals surface area contributed by atoms with Gasteiger partial charge in [0.2, 0.25) is 0 Å². The fraction of sp³-hybridized carbons (Fsp3) is 0.200. The van der Waals surface area contributed by atoms with Crippen LogP contribution >= 0.6 is 46.2 Å². The summed E-state index contributed by atoms with van der Waals surface area (Å²) >= 11 is 6.80. The van der Waals surface area contributed by atoms with E-state index < -0.39 is 0 Å². The molecule has 0 aliphatic heterocycles. The second-order valence-corrected chi connectivity index (χ2v) is 18.6. The zero-order valence-electron chi connectivity index (χ0n) is 33.7. The first kappa shape index (κ1) is 43.3. The first-order valence-corrected chi connectivity index (χ1v) is 23.4. The summed E-state index contributed by atoms with van der Waals surface area (Å²) in [6, 6.07) is 31.1. The molecule has 0 atom stereocenters. The average molecular weight is 879 g/mol. The van der Waals surface area contributed by atoms with Crippen LogP contribution in [0.2, 0.25) is 0 Å². The van der Waals surface area contributed by atoms with Crippen LogP contribution in [0.25, 0.3) is 31.2 Å². The highest BCUT2D eigenvalue weighted by Crippen LogP contribution is 2.32. The number of hydrogen-bond donors (Lipinski definition) is 0. The van der Waals surface area contributed by atoms with Crippen molar-refractivity contribution in [1.29, 1.82) is 0 Å². The Kier molecular flexibility index (Phi) is 15.3. The van der Waals surface area contributed by atoms with E-state index in [9.17, 15) is 9.59 Å². The van der Waals surface area contributed by atoms with E-state index in [1.165, 1.54) is 12.2 Å². The van der Waals surface area contributed by atoms with E-state index in [2.05, 4.69) is 91.4 Å². The Balaban J connectivity index is 0.891. The van der Waals surface area contributed by atoms with E-state index in [0.29, 0.717) is 19.8 Å². The molecule has 61 heavy (non-hydrogen) atoms. The summed E-state index contributed by atoms with van der Waals surface area (Å²) in [5, 5.41) is 2.26. The molecule has 0 saturated heterocycles. The molecule has 0 bridgehead atoms. The number of carbonyl (C=O) groups excluding carboxylic acids is 2. The van der Waals surface area contributed by atoms with E-state index in [1.807, 2.05) is 43.3 Å². The van der Waals surface area contributed by atoms with E-state index in [1.54, 1.807) is 46.2 Å². The molecular formula is C50H42N2O5S4. The third kappa shape index (κ3) is 12.6. The normalized spacial score (nSPS) is 10.8. The van der Waals surface area contributed by atoms with Crippen molar-refractivity contribution in [3.8, 4) is 29.4 Å². The second-order valence-electron chi connectivity index (χ2n) is 13.8. The van der Waals surface area contributed by atoms with Gasteiger partial charge in [0, 0.05) is 45.9 Å². The number of thiazole rings is 2. The van der Waals surface area contributed by atoms with Crippen molar-refractivity contribution >= 4 is 89.3 Å². The number of hydrogen-bond acceptors (Lipinski definition) is 11. The Labute approximate surface area is 372 Å². The van der Waals surface area contributed by atoms with Gasteiger partial charge in [-0.05, 0) is 127 Å². The van der Waals surface area contributed by atoms with Crippen LogP contribution in [0.3, 0.4) is 0 Å². The molecule has 7 nitrogen and oxygen atoms in total. The lowest BCUT2D eigenvalue weighted by atomic mass is 10.0. The van der Waals surface area contributed by atoms with Crippen molar-refractivity contribution in [3.05, 3.63) is 150 Å². The lowest BCUT2D eigenvalue weighted by Crippen LogP contribution is -2.01. The number of thioether (sulfide) groups is 2. The number of rotatable bonds is 17. The van der Waals surface area contributed by atoms with E-state index >= 15 is 0 Å². The summed E-state index contributed by atoms with van der Waals surface area (Å²) < 4.78 is 20.6. The topological polar surface area (TPSA) is 87.6 Å². The van der Waals surface area contributed by atoms with E-state index in [-0.39, 0.29) is 11.9 Å². The minimum atomic E-state index is -0.378. The first-order chi connectivity index (χ1) is 29.8. The molecule has 2 aromatic heterocycles. The first-order valence-electron chi connectivity index (χ1n) is 19.8. The van der Waals surface area contributed by atoms with Gasteiger partial charge >= 0.3 is 11.9 Å². The summed E-state index contributed by atoms with van der Waals surface area (Å²) in [5.74, 6) is 15.2. The van der Waals surface area contributed by atoms with Crippen molar-refractivity contribution in [2.45, 2.75) is 47.9 Å². The number of carbonyl (C=O) groups is 2. The fourth-order valence-electron chi connectivity index (χ4n) is 6.08. The van der Waals surface area contributed by atoms with Crippen LogP contribution in [-0.4, -0.2) is 46.6 Å². The number of ether oxygens (including phenoxy) is 3. The molecule has 11 heteroatoms. The maximum Gasteiger partial charge on any atom is 0.330 e. The van der Waals surface area contributed by atoms with Gasteiger partial charge in [0.25, 0.3) is 0 Å². The van der Waals surface area contributed by atoms with Gasteiger partial charge in [0.1, 0.15) is 12.4 Å². The lowest BCUT2D eigenvalue weighted by molar-refractivity contribution is -0.138. The molecule has 7 rings (SSSR count). The number of unbranched alkanes of at least 4 members (excludes halogenated alkanes) is 2. The molecular weight excluding hydrogens is 837 g/mol. The van der Waals surface area contributed by atoms with Gasteiger partial charge in [-0.25, -0.2) is 19.6 Å². The number of fused-ring (bicyclic) bond motifs is 3. The van der Waals surface area contributed by atoms with Crippen molar-refractivity contribution in [3.63, 3.8) is 0 Å². The predicted octanol–water partition coefficient (Wildman–Crippen LogP) is 11.9. The van der Waals surface area contributed by atoms with E-state index in [0.717, 1.165) is 116 Å². The zero-order valence-corrected chi connectivity index (χ0v) is 36.9. The average Bonchev–Trinajstić information content (AvgIpc) is 3.89. The minimum absolute atomic E-state index is 0.377. The van der Waals surface area contributed by atoms with Crippen LogP contribution in [-0.2, 0) is 25.7 Å². The largest absolute Gasteiger partial charge is 0.489 e. The molecule has 0 fully saturated rings. The lowest BCUT2D eigenvalue weighted by Gasteiger charge is -2.10. The number of benzene rings is 5. The van der Waals surface area contributed by atoms with Crippen molar-refractivity contribution in [1.82, 2.24) is 9.97 Å². The van der Waals surface area contributed by atoms with Crippen molar-refractivity contribution in [2.24, 2.45) is 0 Å². The van der Waals surface area contributed by atoms with Gasteiger partial charge in [-0.1, -0.05) is 78.6 Å². The molecule has 7 aromatic rings. The molecule has 0 N–H and O–H groups in total. The molecule has 0 unspecified atom stereocenters. The van der Waals surface area contributed by atoms with Crippen LogP contribution in [0.15, 0.2) is 125 Å². The van der Waals surface area contributed by atoms with Crippen molar-refractivity contribution < 1.29 is 23.8 Å². The Morgan fingerprint density at radius 2 is 1.11 bits per heavy atom. The van der Waals surface area contributed by atoms with E-state index in [4.69, 9.17) is 24.2 Å². The SMILES string of the molecule is C=CC(=O)OCCCCSc1nc2ccc(C#Cc3ccc(OCc4ccc5cc(C#Cc6ccc7nc(SCCCCOC(=O)C=C)sc7c6)ccc5c4)c(C)c3)cc2s1. The number of aryl methyl sites for hydroxylation is 1. The van der Waals surface area contributed by atoms with Crippen LogP contribution in [0, 0.1) is 30.6 Å². The van der Waals surface area contributed by atoms with Crippen LogP contribution in [0.1, 0.15) is 59.1 Å². The standard InChI is InChI=1S/C50H42N2O5S4/c1-4-47(53)55-24-6-8-26-58-49-51-42-21-16-37(31-45(42)60-49)12-10-35-18-23-44(34(3)28-35)57-33-39-15-20-40-29-36(14-19-41(40)30-39)11-13-38-17-22-43-46(32-38)61-50(52-43)59-27-9-7-25-56-48(54)5-2/h4-5,14-23,28-32H,1-2,6-9,24-27,33H2,3H3.